The summed E-state index contributed by atoms with van der Waals surface area (Å²) >= 11 is 0. The quantitative estimate of drug-likeness (QED) is 0.763. The predicted octanol–water partition coefficient (Wildman–Crippen LogP) is 1.14. The van der Waals surface area contributed by atoms with Crippen LogP contribution in [0.1, 0.15) is 24.3 Å². The van der Waals surface area contributed by atoms with Crippen LogP contribution in [0.4, 0.5) is 5.69 Å². The van der Waals surface area contributed by atoms with Crippen LogP contribution in [0.5, 0.6) is 5.88 Å². The van der Waals surface area contributed by atoms with Crippen LogP contribution in [-0.2, 0) is 0 Å². The third-order valence-corrected chi connectivity index (χ3v) is 2.83. The molecule has 2 heterocycles. The SMILES string of the molecule is COc1ncc(N)cc1C1CCCNC1. The molecule has 1 fully saturated rings. The molecule has 1 aromatic rings. The molecule has 1 saturated heterocycles. The Morgan fingerprint density at radius 3 is 3.13 bits per heavy atom. The highest BCUT2D eigenvalue weighted by Gasteiger charge is 2.19. The van der Waals surface area contributed by atoms with Crippen LogP contribution in [0, 0.1) is 0 Å². The molecular weight excluding hydrogens is 190 g/mol. The lowest BCUT2D eigenvalue weighted by atomic mass is 9.92. The van der Waals surface area contributed by atoms with Crippen LogP contribution in [0.15, 0.2) is 12.3 Å². The zero-order valence-corrected chi connectivity index (χ0v) is 8.99. The van der Waals surface area contributed by atoms with Crippen LogP contribution in [0.25, 0.3) is 0 Å². The number of aromatic nitrogens is 1. The number of rotatable bonds is 2. The van der Waals surface area contributed by atoms with Crippen LogP contribution in [0.3, 0.4) is 0 Å². The van der Waals surface area contributed by atoms with E-state index in [-0.39, 0.29) is 0 Å². The number of nitrogen functional groups attached to an aromatic ring is 1. The summed E-state index contributed by atoms with van der Waals surface area (Å²) in [5.74, 6) is 1.18. The van der Waals surface area contributed by atoms with Crippen molar-refractivity contribution < 1.29 is 4.74 Å². The second kappa shape index (κ2) is 4.49. The molecule has 0 amide bonds. The average molecular weight is 207 g/mol. The van der Waals surface area contributed by atoms with Crippen molar-refractivity contribution in [3.63, 3.8) is 0 Å². The summed E-state index contributed by atoms with van der Waals surface area (Å²) in [7, 11) is 1.65. The summed E-state index contributed by atoms with van der Waals surface area (Å²) in [6.45, 7) is 2.09. The standard InChI is InChI=1S/C11H17N3O/c1-15-11-10(5-9(12)7-14-11)8-3-2-4-13-6-8/h5,7-8,13H,2-4,6,12H2,1H3. The third kappa shape index (κ3) is 2.21. The molecule has 1 aliphatic rings. The van der Waals surface area contributed by atoms with Crippen molar-refractivity contribution in [1.29, 1.82) is 0 Å². The normalized spacial score (nSPS) is 21.3. The zero-order chi connectivity index (χ0) is 10.7. The highest BCUT2D eigenvalue weighted by Crippen LogP contribution is 2.30. The third-order valence-electron chi connectivity index (χ3n) is 2.83. The Balaban J connectivity index is 2.27. The molecule has 0 saturated carbocycles. The van der Waals surface area contributed by atoms with Gasteiger partial charge in [0.25, 0.3) is 0 Å². The minimum atomic E-state index is 0.477. The first-order chi connectivity index (χ1) is 7.31. The lowest BCUT2D eigenvalue weighted by Crippen LogP contribution is -2.28. The van der Waals surface area contributed by atoms with E-state index in [0.29, 0.717) is 17.5 Å². The summed E-state index contributed by atoms with van der Waals surface area (Å²) in [5.41, 5.74) is 7.58. The number of nitrogens with zero attached hydrogens (tertiary/aromatic N) is 1. The predicted molar refractivity (Wildman–Crippen MR) is 60.0 cm³/mol. The molecule has 0 radical (unpaired) electrons. The number of hydrogen-bond acceptors (Lipinski definition) is 4. The Hall–Kier alpha value is -1.29. The van der Waals surface area contributed by atoms with Crippen LogP contribution in [0.2, 0.25) is 0 Å². The Labute approximate surface area is 89.8 Å². The van der Waals surface area contributed by atoms with E-state index < -0.39 is 0 Å². The van der Waals surface area contributed by atoms with Crippen LogP contribution < -0.4 is 15.8 Å². The van der Waals surface area contributed by atoms with E-state index in [4.69, 9.17) is 10.5 Å². The second-order valence-corrected chi connectivity index (χ2v) is 3.91. The van der Waals surface area contributed by atoms with E-state index in [2.05, 4.69) is 10.3 Å². The van der Waals surface area contributed by atoms with Gasteiger partial charge < -0.3 is 15.8 Å². The maximum atomic E-state index is 5.75. The van der Waals surface area contributed by atoms with Gasteiger partial charge in [0.2, 0.25) is 5.88 Å². The molecule has 1 unspecified atom stereocenters. The lowest BCUT2D eigenvalue weighted by molar-refractivity contribution is 0.377. The van der Waals surface area contributed by atoms with Gasteiger partial charge in [-0.25, -0.2) is 4.98 Å². The summed E-state index contributed by atoms with van der Waals surface area (Å²) in [4.78, 5) is 4.20. The Morgan fingerprint density at radius 1 is 1.60 bits per heavy atom. The van der Waals surface area contributed by atoms with Crippen molar-refractivity contribution in [2.45, 2.75) is 18.8 Å². The van der Waals surface area contributed by atoms with E-state index in [1.807, 2.05) is 6.07 Å². The smallest absolute Gasteiger partial charge is 0.216 e. The maximum Gasteiger partial charge on any atom is 0.216 e. The van der Waals surface area contributed by atoms with Crippen molar-refractivity contribution in [3.05, 3.63) is 17.8 Å². The van der Waals surface area contributed by atoms with E-state index in [9.17, 15) is 0 Å². The molecular formula is C11H17N3O. The van der Waals surface area contributed by atoms with Gasteiger partial charge in [-0.05, 0) is 25.5 Å². The molecule has 2 rings (SSSR count). The first kappa shape index (κ1) is 10.2. The van der Waals surface area contributed by atoms with Gasteiger partial charge >= 0.3 is 0 Å². The van der Waals surface area contributed by atoms with Gasteiger partial charge in [0.05, 0.1) is 19.0 Å². The molecule has 0 bridgehead atoms. The number of ether oxygens (including phenoxy) is 1. The largest absolute Gasteiger partial charge is 0.481 e. The number of piperidine rings is 1. The van der Waals surface area contributed by atoms with E-state index in [1.165, 1.54) is 12.8 Å². The van der Waals surface area contributed by atoms with Gasteiger partial charge in [-0.2, -0.15) is 0 Å². The molecule has 0 spiro atoms. The number of pyridine rings is 1. The minimum absolute atomic E-state index is 0.477. The fourth-order valence-electron chi connectivity index (χ4n) is 2.07. The monoisotopic (exact) mass is 207 g/mol. The van der Waals surface area contributed by atoms with Gasteiger partial charge in [0, 0.05) is 18.0 Å². The highest BCUT2D eigenvalue weighted by atomic mass is 16.5. The van der Waals surface area contributed by atoms with Crippen LogP contribution >= 0.6 is 0 Å². The second-order valence-electron chi connectivity index (χ2n) is 3.91. The molecule has 4 nitrogen and oxygen atoms in total. The van der Waals surface area contributed by atoms with Crippen molar-refractivity contribution in [3.8, 4) is 5.88 Å². The van der Waals surface area contributed by atoms with E-state index >= 15 is 0 Å². The zero-order valence-electron chi connectivity index (χ0n) is 8.99. The highest BCUT2D eigenvalue weighted by molar-refractivity contribution is 5.44. The lowest BCUT2D eigenvalue weighted by Gasteiger charge is -2.24. The van der Waals surface area contributed by atoms with Crippen molar-refractivity contribution in [1.82, 2.24) is 10.3 Å². The van der Waals surface area contributed by atoms with Gasteiger partial charge in [0.15, 0.2) is 0 Å². The summed E-state index contributed by atoms with van der Waals surface area (Å²) in [6.07, 6.45) is 4.01. The van der Waals surface area contributed by atoms with Gasteiger partial charge in [-0.1, -0.05) is 0 Å². The van der Waals surface area contributed by atoms with E-state index in [0.717, 1.165) is 18.7 Å². The Kier molecular flexibility index (Phi) is 3.06. The fraction of sp³-hybridized carbons (Fsp3) is 0.545. The molecule has 4 heteroatoms. The number of anilines is 1. The first-order valence-electron chi connectivity index (χ1n) is 5.31. The number of hydrogen-bond donors (Lipinski definition) is 2. The average Bonchev–Trinajstić information content (AvgIpc) is 2.30. The topological polar surface area (TPSA) is 60.2 Å². The molecule has 0 aliphatic carbocycles. The summed E-state index contributed by atoms with van der Waals surface area (Å²) in [6, 6.07) is 1.98. The fourth-order valence-corrected chi connectivity index (χ4v) is 2.07. The van der Waals surface area contributed by atoms with Crippen molar-refractivity contribution in [2.75, 3.05) is 25.9 Å². The number of nitrogens with two attached hydrogens (primary N) is 1. The molecule has 15 heavy (non-hydrogen) atoms. The van der Waals surface area contributed by atoms with E-state index in [1.54, 1.807) is 13.3 Å². The molecule has 82 valence electrons. The number of nitrogens with one attached hydrogen (secondary N) is 1. The number of methoxy groups -OCH3 is 1. The molecule has 3 N–H and O–H groups in total. The summed E-state index contributed by atoms with van der Waals surface area (Å²) < 4.78 is 5.26. The molecule has 1 atom stereocenters. The Morgan fingerprint density at radius 2 is 2.47 bits per heavy atom. The van der Waals surface area contributed by atoms with Gasteiger partial charge in [-0.15, -0.1) is 0 Å². The van der Waals surface area contributed by atoms with Crippen molar-refractivity contribution in [2.24, 2.45) is 0 Å². The first-order valence-corrected chi connectivity index (χ1v) is 5.31. The molecule has 0 aromatic carbocycles. The van der Waals surface area contributed by atoms with Gasteiger partial charge in [-0.3, -0.25) is 0 Å². The molecule has 1 aromatic heterocycles. The molecule has 1 aliphatic heterocycles. The van der Waals surface area contributed by atoms with Crippen LogP contribution in [-0.4, -0.2) is 25.2 Å². The minimum Gasteiger partial charge on any atom is -0.481 e. The summed E-state index contributed by atoms with van der Waals surface area (Å²) in [5, 5.41) is 3.38. The van der Waals surface area contributed by atoms with Gasteiger partial charge in [0.1, 0.15) is 0 Å². The maximum absolute atomic E-state index is 5.75. The van der Waals surface area contributed by atoms with Crippen molar-refractivity contribution >= 4 is 5.69 Å². The Bertz CT molecular complexity index is 335.